The van der Waals surface area contributed by atoms with Gasteiger partial charge in [0.15, 0.2) is 6.04 Å². The van der Waals surface area contributed by atoms with Gasteiger partial charge in [0.1, 0.15) is 69.4 Å². The average Bonchev–Trinajstić information content (AvgIpc) is 3.61. The van der Waals surface area contributed by atoms with Crippen LogP contribution in [0.3, 0.4) is 0 Å². The average molecular weight is 889 g/mol. The van der Waals surface area contributed by atoms with Gasteiger partial charge < -0.3 is 54.2 Å². The Morgan fingerprint density at radius 3 is 1.38 bits per heavy atom. The Bertz CT molecular complexity index is 2310. The minimum absolute atomic E-state index is 0. The summed E-state index contributed by atoms with van der Waals surface area (Å²) in [4.78, 5) is 48.0. The molecule has 4 aromatic rings. The van der Waals surface area contributed by atoms with E-state index in [0.717, 1.165) is 58.1 Å². The molecule has 0 radical (unpaired) electrons. The molecule has 0 aliphatic heterocycles. The van der Waals surface area contributed by atoms with Crippen LogP contribution in [-0.2, 0) is 43.4 Å². The zero-order valence-electron chi connectivity index (χ0n) is 35.2. The lowest BCUT2D eigenvalue weighted by atomic mass is 9.68. The highest BCUT2D eigenvalue weighted by Gasteiger charge is 2.45. The van der Waals surface area contributed by atoms with Crippen molar-refractivity contribution in [1.29, 1.82) is 0 Å². The molecule has 16 heteroatoms. The van der Waals surface area contributed by atoms with Gasteiger partial charge in [-0.1, -0.05) is 99.1 Å². The summed E-state index contributed by atoms with van der Waals surface area (Å²) in [6, 6.07) is 30.3. The fraction of sp³-hybridized carbons (Fsp3) is 0.184. The number of carbonyl (C=O) groups is 4. The Morgan fingerprint density at radius 1 is 0.554 bits per heavy atom. The van der Waals surface area contributed by atoms with Gasteiger partial charge in [-0.05, 0) is 69.5 Å². The number of amides is 2. The fourth-order valence-corrected chi connectivity index (χ4v) is 6.57. The second-order valence-electron chi connectivity index (χ2n) is 13.0. The Labute approximate surface area is 376 Å². The van der Waals surface area contributed by atoms with Crippen molar-refractivity contribution in [1.82, 2.24) is 10.6 Å². The number of benzene rings is 4. The van der Waals surface area contributed by atoms with Crippen LogP contribution < -0.4 is 20.1 Å². The molecule has 4 aromatic carbocycles. The first-order valence-electron chi connectivity index (χ1n) is 19.4. The smallest absolute Gasteiger partial charge is 0.409 e. The number of nitrogens with one attached hydrogen (secondary N) is 2. The highest BCUT2D eigenvalue weighted by Crippen LogP contribution is 2.56. The van der Waals surface area contributed by atoms with Gasteiger partial charge in [0, 0.05) is 12.2 Å². The first-order valence-corrected chi connectivity index (χ1v) is 19.4. The summed E-state index contributed by atoms with van der Waals surface area (Å²) in [7, 11) is 0. The van der Waals surface area contributed by atoms with Gasteiger partial charge in [0.2, 0.25) is 0 Å². The molecule has 0 aromatic heterocycles. The van der Waals surface area contributed by atoms with Crippen molar-refractivity contribution in [3.8, 4) is 46.7 Å². The van der Waals surface area contributed by atoms with Gasteiger partial charge >= 0.3 is 24.1 Å². The van der Waals surface area contributed by atoms with E-state index in [0.29, 0.717) is 11.5 Å². The van der Waals surface area contributed by atoms with Crippen molar-refractivity contribution in [3.05, 3.63) is 170 Å². The summed E-state index contributed by atoms with van der Waals surface area (Å²) in [6.45, 7) is 12.8. The number of esters is 2. The SMILES string of the molecule is C=COC#CC(C#COC=C)NC(=O)OCCOc1ccc(C2(c3ccc(OCCOC(=O)NC(COC(=O)C=C)COC(=O)C=C)cc3)c3ccccc3-c3ccccc32)cc1.O.O. The van der Waals surface area contributed by atoms with Gasteiger partial charge in [0.25, 0.3) is 0 Å². The molecule has 338 valence electrons. The summed E-state index contributed by atoms with van der Waals surface area (Å²) < 4.78 is 41.9. The molecule has 1 aliphatic carbocycles. The van der Waals surface area contributed by atoms with Gasteiger partial charge in [-0.2, -0.15) is 0 Å². The fourth-order valence-electron chi connectivity index (χ4n) is 6.57. The molecule has 0 unspecified atom stereocenters. The van der Waals surface area contributed by atoms with E-state index in [1.807, 2.05) is 72.8 Å². The summed E-state index contributed by atoms with van der Waals surface area (Å²) in [5.74, 6) is 4.89. The lowest BCUT2D eigenvalue weighted by molar-refractivity contribution is -0.141. The van der Waals surface area contributed by atoms with Gasteiger partial charge in [-0.25, -0.2) is 19.2 Å². The Morgan fingerprint density at radius 2 is 0.969 bits per heavy atom. The third-order valence-electron chi connectivity index (χ3n) is 9.16. The lowest BCUT2D eigenvalue weighted by Crippen LogP contribution is -2.43. The molecule has 0 saturated carbocycles. The van der Waals surface area contributed by atoms with E-state index in [2.05, 4.69) is 85.3 Å². The summed E-state index contributed by atoms with van der Waals surface area (Å²) in [6.07, 6.45) is 7.31. The normalized spacial score (nSPS) is 10.9. The van der Waals surface area contributed by atoms with Crippen molar-refractivity contribution in [3.63, 3.8) is 0 Å². The lowest BCUT2D eigenvalue weighted by Gasteiger charge is -2.34. The topological polar surface area (TPSA) is 229 Å². The molecule has 5 rings (SSSR count). The van der Waals surface area contributed by atoms with Crippen LogP contribution in [0.25, 0.3) is 11.1 Å². The van der Waals surface area contributed by atoms with Crippen molar-refractivity contribution < 1.29 is 68.0 Å². The molecule has 0 atom stereocenters. The van der Waals surface area contributed by atoms with Crippen LogP contribution in [0.5, 0.6) is 11.5 Å². The Hall–Kier alpha value is -8.44. The maximum atomic E-state index is 12.5. The maximum absolute atomic E-state index is 12.5. The van der Waals surface area contributed by atoms with E-state index in [4.69, 9.17) is 37.9 Å². The van der Waals surface area contributed by atoms with Crippen LogP contribution >= 0.6 is 0 Å². The van der Waals surface area contributed by atoms with Crippen LogP contribution in [0.1, 0.15) is 22.3 Å². The Balaban J connectivity index is 0.00000561. The second kappa shape index (κ2) is 26.1. The summed E-state index contributed by atoms with van der Waals surface area (Å²) in [5, 5.41) is 5.00. The molecular weight excluding hydrogens is 841 g/mol. The monoisotopic (exact) mass is 888 g/mol. The molecule has 0 saturated heterocycles. The first kappa shape index (κ1) is 50.9. The van der Waals surface area contributed by atoms with Crippen molar-refractivity contribution in [2.75, 3.05) is 39.6 Å². The first-order chi connectivity index (χ1) is 30.7. The standard InChI is InChI=1S/C49H44N2O12.2H2O/c1-5-45(52)62-33-38(34-63-46(53)6-2)51-48(55)61-32-30-59-40-23-19-36(20-24-40)49(43-15-11-9-13-41(43)42-14-10-12-16-44(42)49)35-17-21-39(22-18-35)58-29-31-60-47(54)50-37(25-27-56-7-3)26-28-57-8-4;;/h5-24,37-38H,1-4,29-34H2,(H,50,54)(H,51,55);2*1H2. The van der Waals surface area contributed by atoms with E-state index in [9.17, 15) is 19.2 Å². The molecule has 1 aliphatic rings. The number of fused-ring (bicyclic) bond motifs is 3. The van der Waals surface area contributed by atoms with E-state index < -0.39 is 41.6 Å². The molecule has 0 bridgehead atoms. The van der Waals surface area contributed by atoms with Crippen LogP contribution in [-0.4, -0.2) is 86.8 Å². The van der Waals surface area contributed by atoms with Gasteiger partial charge in [0.05, 0.1) is 17.9 Å². The maximum Gasteiger partial charge on any atom is 0.409 e. The minimum atomic E-state index is -0.943. The van der Waals surface area contributed by atoms with Crippen LogP contribution in [0.4, 0.5) is 9.59 Å². The molecule has 0 heterocycles. The predicted octanol–water partition coefficient (Wildman–Crippen LogP) is 5.05. The van der Waals surface area contributed by atoms with Crippen LogP contribution in [0, 0.1) is 24.1 Å². The number of alkyl carbamates (subject to hydrolysis) is 2. The van der Waals surface area contributed by atoms with Crippen molar-refractivity contribution in [2.45, 2.75) is 17.5 Å². The predicted molar refractivity (Wildman–Crippen MR) is 239 cm³/mol. The number of rotatable bonds is 20. The summed E-state index contributed by atoms with van der Waals surface area (Å²) in [5.41, 5.74) is 5.69. The molecular formula is C49H48N2O14. The van der Waals surface area contributed by atoms with E-state index >= 15 is 0 Å². The molecule has 2 amide bonds. The molecule has 0 fully saturated rings. The molecule has 65 heavy (non-hydrogen) atoms. The highest BCUT2D eigenvalue weighted by molar-refractivity contribution is 5.86. The number of carbonyl (C=O) groups excluding carboxylic acids is 4. The zero-order valence-corrected chi connectivity index (χ0v) is 35.2. The number of ether oxygens (including phenoxy) is 8. The second-order valence-corrected chi connectivity index (χ2v) is 13.0. The minimum Gasteiger partial charge on any atom is -0.490 e. The van der Waals surface area contributed by atoms with E-state index in [1.165, 1.54) is 0 Å². The zero-order chi connectivity index (χ0) is 44.9. The third-order valence-corrected chi connectivity index (χ3v) is 9.16. The van der Waals surface area contributed by atoms with Gasteiger partial charge in [-0.15, -0.1) is 0 Å². The van der Waals surface area contributed by atoms with E-state index in [-0.39, 0.29) is 50.6 Å². The van der Waals surface area contributed by atoms with Crippen LogP contribution in [0.15, 0.2) is 148 Å². The largest absolute Gasteiger partial charge is 0.490 e. The molecule has 6 N–H and O–H groups in total. The van der Waals surface area contributed by atoms with Gasteiger partial charge in [-0.3, -0.25) is 5.32 Å². The highest BCUT2D eigenvalue weighted by atomic mass is 16.6. The molecule has 0 spiro atoms. The quantitative estimate of drug-likeness (QED) is 0.0261. The molecule has 16 nitrogen and oxygen atoms in total. The number of hydrogen-bond acceptors (Lipinski definition) is 12. The summed E-state index contributed by atoms with van der Waals surface area (Å²) >= 11 is 0. The Kier molecular flexibility index (Phi) is 20.5. The number of hydrogen-bond donors (Lipinski definition) is 2. The van der Waals surface area contributed by atoms with E-state index in [1.54, 1.807) is 0 Å². The van der Waals surface area contributed by atoms with Crippen molar-refractivity contribution in [2.24, 2.45) is 0 Å². The van der Waals surface area contributed by atoms with Crippen LogP contribution in [0.2, 0.25) is 0 Å². The van der Waals surface area contributed by atoms with Crippen molar-refractivity contribution >= 4 is 24.1 Å². The third kappa shape index (κ3) is 13.8.